The molecule has 13 heavy (non-hydrogen) atoms. The predicted octanol–water partition coefficient (Wildman–Crippen LogP) is 2.63. The van der Waals surface area contributed by atoms with Crippen LogP contribution in [-0.4, -0.2) is 22.6 Å². The minimum Gasteiger partial charge on any atom is -0.341 e. The van der Waals surface area contributed by atoms with Crippen LogP contribution < -0.4 is 0 Å². The summed E-state index contributed by atoms with van der Waals surface area (Å²) < 4.78 is 3.33. The van der Waals surface area contributed by atoms with Gasteiger partial charge in [-0.05, 0) is 41.2 Å². The molecule has 0 aliphatic heterocycles. The zero-order valence-corrected chi connectivity index (χ0v) is 10.1. The van der Waals surface area contributed by atoms with Gasteiger partial charge in [-0.3, -0.25) is 4.90 Å². The summed E-state index contributed by atoms with van der Waals surface area (Å²) in [7, 11) is 2.09. The molecule has 0 aliphatic rings. The molecule has 1 rings (SSSR count). The van der Waals surface area contributed by atoms with Gasteiger partial charge in [-0.15, -0.1) is 0 Å². The van der Waals surface area contributed by atoms with Crippen LogP contribution in [0.3, 0.4) is 0 Å². The van der Waals surface area contributed by atoms with Gasteiger partial charge in [-0.2, -0.15) is 0 Å². The van der Waals surface area contributed by atoms with Gasteiger partial charge in [-0.1, -0.05) is 13.8 Å². The SMILES string of the molecule is CCN(CC)Cc1ccc(Br)n1C. The van der Waals surface area contributed by atoms with Crippen LogP contribution >= 0.6 is 15.9 Å². The third kappa shape index (κ3) is 2.58. The number of hydrogen-bond acceptors (Lipinski definition) is 1. The molecule has 0 aliphatic carbocycles. The molecule has 74 valence electrons. The molecule has 0 unspecified atom stereocenters. The Balaban J connectivity index is 2.67. The van der Waals surface area contributed by atoms with E-state index in [4.69, 9.17) is 0 Å². The van der Waals surface area contributed by atoms with E-state index in [1.165, 1.54) is 5.69 Å². The van der Waals surface area contributed by atoms with Crippen LogP contribution in [0.1, 0.15) is 19.5 Å². The lowest BCUT2D eigenvalue weighted by Gasteiger charge is -2.18. The summed E-state index contributed by atoms with van der Waals surface area (Å²) in [5.74, 6) is 0. The Morgan fingerprint density at radius 1 is 1.31 bits per heavy atom. The lowest BCUT2D eigenvalue weighted by molar-refractivity contribution is 0.289. The average molecular weight is 245 g/mol. The molecule has 0 spiro atoms. The van der Waals surface area contributed by atoms with Crippen molar-refractivity contribution in [2.24, 2.45) is 7.05 Å². The Morgan fingerprint density at radius 2 is 1.92 bits per heavy atom. The maximum atomic E-state index is 3.49. The zero-order valence-electron chi connectivity index (χ0n) is 8.55. The molecule has 0 amide bonds. The molecule has 0 N–H and O–H groups in total. The number of aromatic nitrogens is 1. The fraction of sp³-hybridized carbons (Fsp3) is 0.600. The summed E-state index contributed by atoms with van der Waals surface area (Å²) in [4.78, 5) is 2.40. The van der Waals surface area contributed by atoms with Crippen molar-refractivity contribution in [1.29, 1.82) is 0 Å². The minimum atomic E-state index is 1.04. The second-order valence-electron chi connectivity index (χ2n) is 3.17. The van der Waals surface area contributed by atoms with Crippen molar-refractivity contribution in [3.63, 3.8) is 0 Å². The molecule has 0 aromatic carbocycles. The summed E-state index contributed by atoms with van der Waals surface area (Å²) in [5, 5.41) is 0. The first kappa shape index (κ1) is 10.8. The fourth-order valence-corrected chi connectivity index (χ4v) is 1.72. The monoisotopic (exact) mass is 244 g/mol. The van der Waals surface area contributed by atoms with Gasteiger partial charge in [0.05, 0.1) is 4.60 Å². The van der Waals surface area contributed by atoms with Crippen LogP contribution in [-0.2, 0) is 13.6 Å². The van der Waals surface area contributed by atoms with E-state index >= 15 is 0 Å². The second kappa shape index (κ2) is 4.82. The van der Waals surface area contributed by atoms with Gasteiger partial charge < -0.3 is 4.57 Å². The van der Waals surface area contributed by atoms with Gasteiger partial charge in [0.15, 0.2) is 0 Å². The van der Waals surface area contributed by atoms with E-state index in [0.717, 1.165) is 24.2 Å². The highest BCUT2D eigenvalue weighted by Crippen LogP contribution is 2.14. The van der Waals surface area contributed by atoms with Crippen LogP contribution in [0.2, 0.25) is 0 Å². The topological polar surface area (TPSA) is 8.17 Å². The van der Waals surface area contributed by atoms with Crippen molar-refractivity contribution >= 4 is 15.9 Å². The van der Waals surface area contributed by atoms with Crippen LogP contribution in [0.15, 0.2) is 16.7 Å². The summed E-state index contributed by atoms with van der Waals surface area (Å²) in [6.07, 6.45) is 0. The number of nitrogens with zero attached hydrogens (tertiary/aromatic N) is 2. The highest BCUT2D eigenvalue weighted by molar-refractivity contribution is 9.10. The Bertz CT molecular complexity index is 264. The first-order chi connectivity index (χ1) is 6.19. The van der Waals surface area contributed by atoms with Crippen molar-refractivity contribution in [3.05, 3.63) is 22.4 Å². The van der Waals surface area contributed by atoms with E-state index in [9.17, 15) is 0 Å². The summed E-state index contributed by atoms with van der Waals surface area (Å²) in [5.41, 5.74) is 1.36. The molecule has 1 aromatic heterocycles. The van der Waals surface area contributed by atoms with E-state index in [2.05, 4.69) is 58.4 Å². The largest absolute Gasteiger partial charge is 0.341 e. The Hall–Kier alpha value is -0.280. The lowest BCUT2D eigenvalue weighted by Crippen LogP contribution is -2.23. The smallest absolute Gasteiger partial charge is 0.0846 e. The van der Waals surface area contributed by atoms with Gasteiger partial charge >= 0.3 is 0 Å². The number of rotatable bonds is 4. The zero-order chi connectivity index (χ0) is 9.84. The van der Waals surface area contributed by atoms with Crippen molar-refractivity contribution in [2.45, 2.75) is 20.4 Å². The van der Waals surface area contributed by atoms with Gasteiger partial charge in [0.25, 0.3) is 0 Å². The van der Waals surface area contributed by atoms with E-state index in [0.29, 0.717) is 0 Å². The van der Waals surface area contributed by atoms with Crippen molar-refractivity contribution < 1.29 is 0 Å². The molecule has 0 radical (unpaired) electrons. The highest BCUT2D eigenvalue weighted by Gasteiger charge is 2.05. The van der Waals surface area contributed by atoms with Gasteiger partial charge in [0.2, 0.25) is 0 Å². The molecule has 3 heteroatoms. The van der Waals surface area contributed by atoms with Crippen LogP contribution in [0.25, 0.3) is 0 Å². The molecule has 0 saturated carbocycles. The third-order valence-corrected chi connectivity index (χ3v) is 3.24. The second-order valence-corrected chi connectivity index (χ2v) is 3.98. The molecule has 0 bridgehead atoms. The molecule has 0 fully saturated rings. The van der Waals surface area contributed by atoms with Crippen LogP contribution in [0.5, 0.6) is 0 Å². The number of hydrogen-bond donors (Lipinski definition) is 0. The Kier molecular flexibility index (Phi) is 4.00. The molecule has 2 nitrogen and oxygen atoms in total. The van der Waals surface area contributed by atoms with Crippen molar-refractivity contribution in [1.82, 2.24) is 9.47 Å². The molecular weight excluding hydrogens is 228 g/mol. The highest BCUT2D eigenvalue weighted by atomic mass is 79.9. The molecule has 0 atom stereocenters. The van der Waals surface area contributed by atoms with E-state index in [1.54, 1.807) is 0 Å². The third-order valence-electron chi connectivity index (χ3n) is 2.44. The summed E-state index contributed by atoms with van der Waals surface area (Å²) in [6, 6.07) is 4.27. The molecule has 1 aromatic rings. The molecule has 1 heterocycles. The van der Waals surface area contributed by atoms with Gasteiger partial charge in [-0.25, -0.2) is 0 Å². The maximum absolute atomic E-state index is 3.49. The summed E-state index contributed by atoms with van der Waals surface area (Å²) in [6.45, 7) is 7.65. The van der Waals surface area contributed by atoms with Gasteiger partial charge in [0.1, 0.15) is 0 Å². The normalized spacial score (nSPS) is 11.2. The minimum absolute atomic E-state index is 1.04. The quantitative estimate of drug-likeness (QED) is 0.791. The van der Waals surface area contributed by atoms with Crippen LogP contribution in [0.4, 0.5) is 0 Å². The van der Waals surface area contributed by atoms with Crippen LogP contribution in [0, 0.1) is 0 Å². The predicted molar refractivity (Wildman–Crippen MR) is 59.7 cm³/mol. The average Bonchev–Trinajstić information content (AvgIpc) is 2.45. The number of halogens is 1. The van der Waals surface area contributed by atoms with Gasteiger partial charge in [0, 0.05) is 19.3 Å². The maximum Gasteiger partial charge on any atom is 0.0846 e. The van der Waals surface area contributed by atoms with Crippen molar-refractivity contribution in [3.8, 4) is 0 Å². The standard InChI is InChI=1S/C10H17BrN2/c1-4-13(5-2)8-9-6-7-10(11)12(9)3/h6-7H,4-5,8H2,1-3H3. The fourth-order valence-electron chi connectivity index (χ4n) is 1.36. The van der Waals surface area contributed by atoms with E-state index in [1.807, 2.05) is 0 Å². The van der Waals surface area contributed by atoms with Crippen molar-refractivity contribution in [2.75, 3.05) is 13.1 Å². The van der Waals surface area contributed by atoms with E-state index < -0.39 is 0 Å². The molecule has 0 saturated heterocycles. The lowest BCUT2D eigenvalue weighted by atomic mass is 10.4. The van der Waals surface area contributed by atoms with E-state index in [-0.39, 0.29) is 0 Å². The summed E-state index contributed by atoms with van der Waals surface area (Å²) >= 11 is 3.49. The first-order valence-electron chi connectivity index (χ1n) is 4.71. The first-order valence-corrected chi connectivity index (χ1v) is 5.50. The molecular formula is C10H17BrN2. The Morgan fingerprint density at radius 3 is 2.31 bits per heavy atom. The Labute approximate surface area is 88.7 Å².